The number of aromatic nitrogens is 1. The Hall–Kier alpha value is -3.13. The number of nitrogens with one attached hydrogen (secondary N) is 1. The second-order valence-corrected chi connectivity index (χ2v) is 8.47. The van der Waals surface area contributed by atoms with E-state index in [9.17, 15) is 14.7 Å². The van der Waals surface area contributed by atoms with E-state index < -0.39 is 11.9 Å². The Labute approximate surface area is 202 Å². The largest absolute Gasteiger partial charge is 0.503 e. The lowest BCUT2D eigenvalue weighted by molar-refractivity contribution is -0.147. The molecule has 0 aliphatic heterocycles. The maximum absolute atomic E-state index is 12.2. The molecule has 1 amide bonds. The lowest BCUT2D eigenvalue weighted by atomic mass is 9.92. The van der Waals surface area contributed by atoms with Gasteiger partial charge in [-0.15, -0.1) is 0 Å². The van der Waals surface area contributed by atoms with E-state index in [1.807, 2.05) is 39.0 Å². The van der Waals surface area contributed by atoms with Crippen molar-refractivity contribution in [2.45, 2.75) is 53.1 Å². The summed E-state index contributed by atoms with van der Waals surface area (Å²) >= 11 is 0. The summed E-state index contributed by atoms with van der Waals surface area (Å²) < 4.78 is 10.4. The Kier molecular flexibility index (Phi) is 13.3. The number of nitrogens with zero attached hydrogens (tertiary/aromatic N) is 1. The number of aromatic hydroxyl groups is 1. The molecule has 1 aromatic heterocycles. The molecule has 8 nitrogen and oxygen atoms in total. The first kappa shape index (κ1) is 28.9. The zero-order valence-electron chi connectivity index (χ0n) is 20.8. The van der Waals surface area contributed by atoms with Crippen LogP contribution in [0, 0.1) is 11.8 Å². The molecule has 8 heteroatoms. The average Bonchev–Trinajstić information content (AvgIpc) is 2.83. The minimum atomic E-state index is -0.679. The number of hydrogen-bond acceptors (Lipinski definition) is 7. The molecule has 0 aliphatic carbocycles. The van der Waals surface area contributed by atoms with Gasteiger partial charge in [-0.2, -0.15) is 0 Å². The number of hydrogen-bond donors (Lipinski definition) is 3. The maximum atomic E-state index is 12.2. The lowest BCUT2D eigenvalue weighted by Crippen LogP contribution is -2.33. The van der Waals surface area contributed by atoms with Crippen molar-refractivity contribution in [1.82, 2.24) is 10.3 Å². The van der Waals surface area contributed by atoms with E-state index in [1.54, 1.807) is 0 Å². The predicted octanol–water partition coefficient (Wildman–Crippen LogP) is 3.75. The van der Waals surface area contributed by atoms with Crippen LogP contribution in [0.15, 0.2) is 42.6 Å². The van der Waals surface area contributed by atoms with Crippen molar-refractivity contribution in [2.75, 3.05) is 20.3 Å². The molecule has 0 radical (unpaired) electrons. The maximum Gasteiger partial charge on any atom is 0.325 e. The molecule has 2 atom stereocenters. The molecule has 1 aromatic carbocycles. The first-order chi connectivity index (χ1) is 16.2. The predicted molar refractivity (Wildman–Crippen MR) is 131 cm³/mol. The highest BCUT2D eigenvalue weighted by atomic mass is 16.5. The van der Waals surface area contributed by atoms with Gasteiger partial charge in [0.2, 0.25) is 0 Å². The smallest absolute Gasteiger partial charge is 0.325 e. The number of pyridine rings is 1. The third-order valence-corrected chi connectivity index (χ3v) is 5.02. The van der Waals surface area contributed by atoms with Crippen molar-refractivity contribution in [3.8, 4) is 11.5 Å². The van der Waals surface area contributed by atoms with Gasteiger partial charge in [-0.3, -0.25) is 9.59 Å². The minimum absolute atomic E-state index is 0.130. The molecule has 3 N–H and O–H groups in total. The third-order valence-electron chi connectivity index (χ3n) is 5.02. The minimum Gasteiger partial charge on any atom is -0.503 e. The molecule has 0 saturated carbocycles. The number of amides is 1. The van der Waals surface area contributed by atoms with E-state index in [1.165, 1.54) is 24.9 Å². The topological polar surface area (TPSA) is 118 Å². The summed E-state index contributed by atoms with van der Waals surface area (Å²) in [6.45, 7) is 7.91. The van der Waals surface area contributed by atoms with Crippen molar-refractivity contribution in [1.29, 1.82) is 0 Å². The summed E-state index contributed by atoms with van der Waals surface area (Å²) in [5.41, 5.74) is 1.05. The highest BCUT2D eigenvalue weighted by Gasteiger charge is 2.19. The van der Waals surface area contributed by atoms with Crippen LogP contribution in [0.1, 0.15) is 56.6 Å². The van der Waals surface area contributed by atoms with Crippen LogP contribution in [0.2, 0.25) is 0 Å². The number of aliphatic hydroxyl groups is 1. The first-order valence-electron chi connectivity index (χ1n) is 11.6. The normalized spacial score (nSPS) is 12.2. The van der Waals surface area contributed by atoms with Crippen LogP contribution in [0.3, 0.4) is 0 Å². The highest BCUT2D eigenvalue weighted by molar-refractivity contribution is 5.97. The van der Waals surface area contributed by atoms with E-state index in [-0.39, 0.29) is 29.8 Å². The van der Waals surface area contributed by atoms with E-state index in [4.69, 9.17) is 14.6 Å². The number of carbonyl (C=O) groups excluding carboxylic acids is 2. The molecule has 0 fully saturated rings. The number of esters is 1. The van der Waals surface area contributed by atoms with Crippen molar-refractivity contribution >= 4 is 11.9 Å². The molecule has 2 aromatic rings. The quantitative estimate of drug-likeness (QED) is 0.425. The molecule has 2 rings (SSSR count). The van der Waals surface area contributed by atoms with Gasteiger partial charge in [-0.05, 0) is 37.2 Å². The summed E-state index contributed by atoms with van der Waals surface area (Å²) in [6, 6.07) is 11.6. The Morgan fingerprint density at radius 3 is 2.32 bits per heavy atom. The summed E-state index contributed by atoms with van der Waals surface area (Å²) in [7, 11) is 1.37. The zero-order valence-corrected chi connectivity index (χ0v) is 20.8. The van der Waals surface area contributed by atoms with Gasteiger partial charge in [0.05, 0.1) is 13.2 Å². The van der Waals surface area contributed by atoms with Crippen LogP contribution in [0.5, 0.6) is 11.5 Å². The van der Waals surface area contributed by atoms with Crippen LogP contribution in [-0.2, 0) is 16.0 Å². The molecule has 0 spiro atoms. The second-order valence-electron chi connectivity index (χ2n) is 8.47. The molecule has 34 heavy (non-hydrogen) atoms. The van der Waals surface area contributed by atoms with Crippen LogP contribution in [0.25, 0.3) is 0 Å². The highest BCUT2D eigenvalue weighted by Crippen LogP contribution is 2.27. The number of methoxy groups -OCH3 is 1. The van der Waals surface area contributed by atoms with E-state index in [0.717, 1.165) is 19.3 Å². The molecular formula is C26H38N2O6. The molecule has 188 valence electrons. The number of ether oxygens (including phenoxy) is 2. The molecule has 0 saturated heterocycles. The summed E-state index contributed by atoms with van der Waals surface area (Å²) in [5.74, 6) is -0.627. The molecule has 0 bridgehead atoms. The van der Waals surface area contributed by atoms with Crippen LogP contribution in [0.4, 0.5) is 0 Å². The Morgan fingerprint density at radius 1 is 1.12 bits per heavy atom. The number of aliphatic hydroxyl groups excluding tert-OH is 1. The van der Waals surface area contributed by atoms with E-state index in [2.05, 4.69) is 29.4 Å². The number of benzene rings is 1. The van der Waals surface area contributed by atoms with Gasteiger partial charge in [0.25, 0.3) is 5.91 Å². The molecule has 0 aliphatic rings. The van der Waals surface area contributed by atoms with Crippen molar-refractivity contribution in [2.24, 2.45) is 11.8 Å². The lowest BCUT2D eigenvalue weighted by Gasteiger charge is -2.20. The van der Waals surface area contributed by atoms with Crippen LogP contribution < -0.4 is 10.1 Å². The van der Waals surface area contributed by atoms with Crippen LogP contribution in [-0.4, -0.2) is 53.4 Å². The van der Waals surface area contributed by atoms with Crippen molar-refractivity contribution in [3.05, 3.63) is 53.9 Å². The Balaban J connectivity index is 0.00000104. The molecular weight excluding hydrogens is 436 g/mol. The van der Waals surface area contributed by atoms with Gasteiger partial charge in [-0.1, -0.05) is 57.5 Å². The van der Waals surface area contributed by atoms with Crippen molar-refractivity contribution < 1.29 is 29.3 Å². The summed E-state index contributed by atoms with van der Waals surface area (Å²) in [5, 5.41) is 20.5. The van der Waals surface area contributed by atoms with Gasteiger partial charge in [0, 0.05) is 18.9 Å². The van der Waals surface area contributed by atoms with Gasteiger partial charge < -0.3 is 25.0 Å². The number of carbonyl (C=O) groups is 2. The Bertz CT molecular complexity index is 873. The van der Waals surface area contributed by atoms with Gasteiger partial charge in [0.15, 0.2) is 17.2 Å². The van der Waals surface area contributed by atoms with E-state index >= 15 is 0 Å². The van der Waals surface area contributed by atoms with Gasteiger partial charge >= 0.3 is 5.97 Å². The summed E-state index contributed by atoms with van der Waals surface area (Å²) in [6.07, 6.45) is 3.72. The Morgan fingerprint density at radius 2 is 1.76 bits per heavy atom. The number of rotatable bonds is 11. The zero-order chi connectivity index (χ0) is 25.5. The monoisotopic (exact) mass is 474 g/mol. The fraction of sp³-hybridized carbons (Fsp3) is 0.500. The summed E-state index contributed by atoms with van der Waals surface area (Å²) in [4.78, 5) is 28.1. The molecule has 2 unspecified atom stereocenters. The van der Waals surface area contributed by atoms with Crippen molar-refractivity contribution in [3.63, 3.8) is 0 Å². The first-order valence-corrected chi connectivity index (χ1v) is 11.6. The molecule has 1 heterocycles. The van der Waals surface area contributed by atoms with E-state index in [0.29, 0.717) is 18.4 Å². The van der Waals surface area contributed by atoms with Gasteiger partial charge in [0.1, 0.15) is 6.54 Å². The third kappa shape index (κ3) is 10.7. The standard InChI is InChI=1S/C22H28N2O5.C4H10O/c1-4-16(13-17-8-6-5-7-9-17)12-15(2)29-19(25)14-24-22(27)20-21(26)18(28-3)10-11-23-20;1-4(2)3-5/h5-11,15-16,26H,4,12-14H2,1-3H3,(H,24,27);4-5H,3H2,1-2H3. The fourth-order valence-corrected chi connectivity index (χ4v) is 3.13. The SMILES string of the molecule is CC(C)CO.CCC(Cc1ccccc1)CC(C)OC(=O)CNC(=O)c1nccc(OC)c1O. The van der Waals surface area contributed by atoms with Gasteiger partial charge in [-0.25, -0.2) is 4.98 Å². The fourth-order valence-electron chi connectivity index (χ4n) is 3.13. The van der Waals surface area contributed by atoms with Crippen LogP contribution >= 0.6 is 0 Å². The second kappa shape index (κ2) is 15.7. The average molecular weight is 475 g/mol.